The van der Waals surface area contributed by atoms with Crippen molar-refractivity contribution in [1.29, 1.82) is 0 Å². The second-order valence-electron chi connectivity index (χ2n) is 4.44. The van der Waals surface area contributed by atoms with Crippen molar-refractivity contribution in [2.75, 3.05) is 32.7 Å². The first-order valence-electron chi connectivity index (χ1n) is 6.87. The van der Waals surface area contributed by atoms with E-state index in [2.05, 4.69) is 6.92 Å². The average molecular weight is 281 g/mol. The molecule has 0 aromatic heterocycles. The molecule has 0 fully saturated rings. The Labute approximate surface area is 120 Å². The van der Waals surface area contributed by atoms with Crippen molar-refractivity contribution in [1.82, 2.24) is 0 Å². The van der Waals surface area contributed by atoms with Gasteiger partial charge >= 0.3 is 5.97 Å². The van der Waals surface area contributed by atoms with Crippen LogP contribution in [0.5, 0.6) is 5.75 Å². The molecule has 5 nitrogen and oxygen atoms in total. The highest BCUT2D eigenvalue weighted by molar-refractivity contribution is 5.91. The summed E-state index contributed by atoms with van der Waals surface area (Å²) in [4.78, 5) is 11.7. The maximum absolute atomic E-state index is 11.7. The lowest BCUT2D eigenvalue weighted by molar-refractivity contribution is 0.0388. The lowest BCUT2D eigenvalue weighted by atomic mass is 10.2. The molecule has 5 heteroatoms. The Morgan fingerprint density at radius 1 is 1.20 bits per heavy atom. The molecule has 0 unspecified atom stereocenters. The number of hydrogen-bond donors (Lipinski definition) is 1. The minimum atomic E-state index is -0.411. The van der Waals surface area contributed by atoms with Gasteiger partial charge in [-0.1, -0.05) is 19.8 Å². The molecular formula is C15H23NO4. The third kappa shape index (κ3) is 5.48. The second-order valence-corrected chi connectivity index (χ2v) is 4.44. The number of nitrogen functional groups attached to an aromatic ring is 1. The van der Waals surface area contributed by atoms with Crippen LogP contribution in [-0.4, -0.2) is 32.9 Å². The summed E-state index contributed by atoms with van der Waals surface area (Å²) in [5.41, 5.74) is 6.73. The zero-order valence-electron chi connectivity index (χ0n) is 12.2. The van der Waals surface area contributed by atoms with Gasteiger partial charge in [0.15, 0.2) is 0 Å². The standard InChI is InChI=1S/C15H23NO4/c1-3-4-5-8-19-14-7-6-12(11-13(14)16)15(17)20-10-9-18-2/h6-7,11H,3-5,8-10,16H2,1-2H3. The average Bonchev–Trinajstić information content (AvgIpc) is 2.45. The van der Waals surface area contributed by atoms with E-state index in [-0.39, 0.29) is 6.61 Å². The number of hydrogen-bond acceptors (Lipinski definition) is 5. The van der Waals surface area contributed by atoms with Crippen LogP contribution in [0.15, 0.2) is 18.2 Å². The number of carbonyl (C=O) groups excluding carboxylic acids is 1. The van der Waals surface area contributed by atoms with E-state index in [9.17, 15) is 4.79 Å². The van der Waals surface area contributed by atoms with E-state index < -0.39 is 5.97 Å². The van der Waals surface area contributed by atoms with E-state index in [0.29, 0.717) is 30.2 Å². The molecule has 0 bridgehead atoms. The summed E-state index contributed by atoms with van der Waals surface area (Å²) < 4.78 is 15.4. The Kier molecular flexibility index (Phi) is 7.50. The van der Waals surface area contributed by atoms with Gasteiger partial charge in [-0.05, 0) is 24.6 Å². The maximum Gasteiger partial charge on any atom is 0.338 e. The van der Waals surface area contributed by atoms with Gasteiger partial charge in [0.25, 0.3) is 0 Å². The molecule has 0 spiro atoms. The van der Waals surface area contributed by atoms with Crippen molar-refractivity contribution in [3.63, 3.8) is 0 Å². The smallest absolute Gasteiger partial charge is 0.338 e. The van der Waals surface area contributed by atoms with E-state index >= 15 is 0 Å². The van der Waals surface area contributed by atoms with E-state index in [1.165, 1.54) is 0 Å². The van der Waals surface area contributed by atoms with Crippen LogP contribution in [0.1, 0.15) is 36.5 Å². The molecule has 112 valence electrons. The number of rotatable bonds is 9. The summed E-state index contributed by atoms with van der Waals surface area (Å²) in [5, 5.41) is 0. The van der Waals surface area contributed by atoms with Crippen LogP contribution in [0.2, 0.25) is 0 Å². The summed E-state index contributed by atoms with van der Waals surface area (Å²) in [5.74, 6) is 0.195. The Morgan fingerprint density at radius 3 is 2.65 bits per heavy atom. The third-order valence-electron chi connectivity index (χ3n) is 2.77. The molecule has 0 saturated carbocycles. The van der Waals surface area contributed by atoms with Gasteiger partial charge in [-0.15, -0.1) is 0 Å². The molecule has 0 atom stereocenters. The van der Waals surface area contributed by atoms with Gasteiger partial charge in [0.05, 0.1) is 24.5 Å². The fourth-order valence-corrected chi connectivity index (χ4v) is 1.64. The second kappa shape index (κ2) is 9.20. The van der Waals surface area contributed by atoms with Gasteiger partial charge in [0.2, 0.25) is 0 Å². The zero-order chi connectivity index (χ0) is 14.8. The first kappa shape index (κ1) is 16.3. The number of nitrogens with two attached hydrogens (primary N) is 1. The summed E-state index contributed by atoms with van der Waals surface area (Å²) >= 11 is 0. The van der Waals surface area contributed by atoms with E-state index in [0.717, 1.165) is 19.3 Å². The van der Waals surface area contributed by atoms with Crippen molar-refractivity contribution in [3.05, 3.63) is 23.8 Å². The van der Waals surface area contributed by atoms with Gasteiger partial charge < -0.3 is 19.9 Å². The molecule has 1 aromatic rings. The predicted molar refractivity (Wildman–Crippen MR) is 78.0 cm³/mol. The van der Waals surface area contributed by atoms with Crippen LogP contribution in [0.3, 0.4) is 0 Å². The van der Waals surface area contributed by atoms with E-state index in [4.69, 9.17) is 19.9 Å². The molecular weight excluding hydrogens is 258 g/mol. The monoisotopic (exact) mass is 281 g/mol. The fraction of sp³-hybridized carbons (Fsp3) is 0.533. The van der Waals surface area contributed by atoms with Gasteiger partial charge in [0.1, 0.15) is 12.4 Å². The largest absolute Gasteiger partial charge is 0.491 e. The molecule has 0 heterocycles. The summed E-state index contributed by atoms with van der Waals surface area (Å²) in [7, 11) is 1.55. The number of anilines is 1. The maximum atomic E-state index is 11.7. The SMILES string of the molecule is CCCCCOc1ccc(C(=O)OCCOC)cc1N. The van der Waals surface area contributed by atoms with Gasteiger partial charge in [0, 0.05) is 7.11 Å². The number of esters is 1. The van der Waals surface area contributed by atoms with Crippen LogP contribution >= 0.6 is 0 Å². The van der Waals surface area contributed by atoms with Crippen LogP contribution in [-0.2, 0) is 9.47 Å². The third-order valence-corrected chi connectivity index (χ3v) is 2.77. The number of unbranched alkanes of at least 4 members (excludes halogenated alkanes) is 2. The van der Waals surface area contributed by atoms with Crippen LogP contribution < -0.4 is 10.5 Å². The molecule has 20 heavy (non-hydrogen) atoms. The van der Waals surface area contributed by atoms with Gasteiger partial charge in [-0.2, -0.15) is 0 Å². The summed E-state index contributed by atoms with van der Waals surface area (Å²) in [6.07, 6.45) is 3.27. The Morgan fingerprint density at radius 2 is 2.00 bits per heavy atom. The highest BCUT2D eigenvalue weighted by atomic mass is 16.6. The normalized spacial score (nSPS) is 10.3. The Hall–Kier alpha value is -1.75. The number of carbonyl (C=O) groups is 1. The molecule has 0 amide bonds. The van der Waals surface area contributed by atoms with Crippen molar-refractivity contribution >= 4 is 11.7 Å². The zero-order valence-corrected chi connectivity index (χ0v) is 12.2. The molecule has 0 radical (unpaired) electrons. The fourth-order valence-electron chi connectivity index (χ4n) is 1.64. The minimum absolute atomic E-state index is 0.227. The number of methoxy groups -OCH3 is 1. The molecule has 2 N–H and O–H groups in total. The predicted octanol–water partition coefficient (Wildman–Crippen LogP) is 2.64. The molecule has 1 aromatic carbocycles. The van der Waals surface area contributed by atoms with Crippen molar-refractivity contribution in [2.45, 2.75) is 26.2 Å². The Balaban J connectivity index is 2.51. The van der Waals surface area contributed by atoms with Crippen molar-refractivity contribution in [3.8, 4) is 5.75 Å². The Bertz CT molecular complexity index is 420. The van der Waals surface area contributed by atoms with Gasteiger partial charge in [-0.3, -0.25) is 0 Å². The van der Waals surface area contributed by atoms with E-state index in [1.54, 1.807) is 25.3 Å². The highest BCUT2D eigenvalue weighted by Crippen LogP contribution is 2.23. The summed E-state index contributed by atoms with van der Waals surface area (Å²) in [6.45, 7) is 3.37. The topological polar surface area (TPSA) is 70.8 Å². The van der Waals surface area contributed by atoms with Crippen molar-refractivity contribution in [2.24, 2.45) is 0 Å². The first-order valence-corrected chi connectivity index (χ1v) is 6.87. The van der Waals surface area contributed by atoms with Crippen molar-refractivity contribution < 1.29 is 19.0 Å². The first-order chi connectivity index (χ1) is 9.69. The van der Waals surface area contributed by atoms with Crippen LogP contribution in [0, 0.1) is 0 Å². The molecule has 0 aliphatic carbocycles. The molecule has 1 rings (SSSR count). The highest BCUT2D eigenvalue weighted by Gasteiger charge is 2.10. The van der Waals surface area contributed by atoms with Gasteiger partial charge in [-0.25, -0.2) is 4.79 Å². The summed E-state index contributed by atoms with van der Waals surface area (Å²) in [6, 6.07) is 4.93. The molecule has 0 aliphatic heterocycles. The van der Waals surface area contributed by atoms with E-state index in [1.807, 2.05) is 0 Å². The van der Waals surface area contributed by atoms with Crippen LogP contribution in [0.25, 0.3) is 0 Å². The minimum Gasteiger partial charge on any atom is -0.491 e. The number of benzene rings is 1. The number of ether oxygens (including phenoxy) is 3. The van der Waals surface area contributed by atoms with Crippen LogP contribution in [0.4, 0.5) is 5.69 Å². The lowest BCUT2D eigenvalue weighted by Gasteiger charge is -2.10. The lowest BCUT2D eigenvalue weighted by Crippen LogP contribution is -2.10. The quantitative estimate of drug-likeness (QED) is 0.428. The molecule has 0 saturated heterocycles. The molecule has 0 aliphatic rings.